The van der Waals surface area contributed by atoms with Crippen LogP contribution in [-0.2, 0) is 16.7 Å². The number of halogens is 2. The lowest BCUT2D eigenvalue weighted by Gasteiger charge is -2.39. The van der Waals surface area contributed by atoms with Gasteiger partial charge in [0.15, 0.2) is 5.96 Å². The number of thiazole rings is 1. The van der Waals surface area contributed by atoms with Crippen LogP contribution in [0.4, 0.5) is 0 Å². The average Bonchev–Trinajstić information content (AvgIpc) is 3.14. The Bertz CT molecular complexity index is 825. The first-order valence-electron chi connectivity index (χ1n) is 9.34. The summed E-state index contributed by atoms with van der Waals surface area (Å²) in [5.41, 5.74) is 0.980. The highest BCUT2D eigenvalue weighted by Gasteiger charge is 2.37. The number of hydrogen-bond donors (Lipinski definition) is 2. The van der Waals surface area contributed by atoms with Gasteiger partial charge in [-0.05, 0) is 38.0 Å². The average molecular weight is 551 g/mol. The molecule has 0 unspecified atom stereocenters. The zero-order valence-corrected chi connectivity index (χ0v) is 20.9. The molecule has 29 heavy (non-hydrogen) atoms. The van der Waals surface area contributed by atoms with Crippen LogP contribution in [0.5, 0.6) is 5.75 Å². The number of aliphatic imine (C=N–C) groups is 1. The van der Waals surface area contributed by atoms with Crippen molar-refractivity contribution in [3.05, 3.63) is 44.9 Å². The van der Waals surface area contributed by atoms with E-state index in [1.54, 1.807) is 25.5 Å². The van der Waals surface area contributed by atoms with E-state index in [4.69, 9.17) is 21.1 Å². The van der Waals surface area contributed by atoms with Gasteiger partial charge in [-0.3, -0.25) is 4.99 Å². The predicted octanol–water partition coefficient (Wildman–Crippen LogP) is 4.14. The van der Waals surface area contributed by atoms with Gasteiger partial charge in [-0.2, -0.15) is 0 Å². The quantitative estimate of drug-likeness (QED) is 0.321. The highest BCUT2D eigenvalue weighted by Crippen LogP contribution is 2.40. The van der Waals surface area contributed by atoms with Gasteiger partial charge in [-0.15, -0.1) is 35.3 Å². The molecule has 1 aromatic heterocycles. The van der Waals surface area contributed by atoms with Crippen LogP contribution in [0.1, 0.15) is 28.3 Å². The van der Waals surface area contributed by atoms with Gasteiger partial charge in [0.05, 0.1) is 13.7 Å². The lowest BCUT2D eigenvalue weighted by Crippen LogP contribution is -2.48. The summed E-state index contributed by atoms with van der Waals surface area (Å²) in [6, 6.07) is 5.81. The van der Waals surface area contributed by atoms with Crippen molar-refractivity contribution in [2.24, 2.45) is 4.99 Å². The van der Waals surface area contributed by atoms with E-state index in [0.29, 0.717) is 31.3 Å². The summed E-state index contributed by atoms with van der Waals surface area (Å²) in [6.45, 7) is 4.84. The maximum absolute atomic E-state index is 6.32. The summed E-state index contributed by atoms with van der Waals surface area (Å²) in [4.78, 5) is 9.96. The van der Waals surface area contributed by atoms with E-state index >= 15 is 0 Å². The van der Waals surface area contributed by atoms with E-state index in [1.165, 1.54) is 4.88 Å². The Kier molecular flexibility index (Phi) is 9.45. The highest BCUT2D eigenvalue weighted by atomic mass is 127. The molecular weight excluding hydrogens is 523 g/mol. The van der Waals surface area contributed by atoms with E-state index in [9.17, 15) is 0 Å². The third kappa shape index (κ3) is 6.19. The Morgan fingerprint density at radius 2 is 2.10 bits per heavy atom. The van der Waals surface area contributed by atoms with Crippen molar-refractivity contribution in [2.45, 2.75) is 31.7 Å². The fourth-order valence-electron chi connectivity index (χ4n) is 3.51. The van der Waals surface area contributed by atoms with Crippen LogP contribution in [0, 0.1) is 6.92 Å². The molecule has 0 amide bonds. The van der Waals surface area contributed by atoms with E-state index in [2.05, 4.69) is 27.5 Å². The SMILES string of the molecule is CN=C(NCc1ncc(C)s1)NCC1(c2cc(Cl)ccc2OC)CCOCC1.I. The molecular formula is C20H28ClIN4O2S. The first kappa shape index (κ1) is 24.2. The summed E-state index contributed by atoms with van der Waals surface area (Å²) in [6.07, 6.45) is 3.67. The van der Waals surface area contributed by atoms with Crippen molar-refractivity contribution in [1.29, 1.82) is 0 Å². The lowest BCUT2D eigenvalue weighted by atomic mass is 9.73. The maximum atomic E-state index is 6.32. The number of hydrogen-bond acceptors (Lipinski definition) is 5. The number of aromatic nitrogens is 1. The van der Waals surface area contributed by atoms with Gasteiger partial charge in [0, 0.05) is 53.9 Å². The van der Waals surface area contributed by atoms with Crippen LogP contribution in [0.25, 0.3) is 0 Å². The van der Waals surface area contributed by atoms with E-state index < -0.39 is 0 Å². The second kappa shape index (κ2) is 11.3. The molecule has 1 aliphatic heterocycles. The van der Waals surface area contributed by atoms with Crippen molar-refractivity contribution < 1.29 is 9.47 Å². The number of benzene rings is 1. The Hall–Kier alpha value is -1.10. The molecule has 9 heteroatoms. The van der Waals surface area contributed by atoms with Gasteiger partial charge in [0.2, 0.25) is 0 Å². The van der Waals surface area contributed by atoms with Gasteiger partial charge in [-0.1, -0.05) is 11.6 Å². The Morgan fingerprint density at radius 1 is 1.34 bits per heavy atom. The monoisotopic (exact) mass is 550 g/mol. The van der Waals surface area contributed by atoms with Crippen LogP contribution in [-0.4, -0.2) is 44.9 Å². The number of guanidine groups is 1. The first-order valence-corrected chi connectivity index (χ1v) is 10.5. The number of methoxy groups -OCH3 is 1. The van der Waals surface area contributed by atoms with E-state index in [0.717, 1.165) is 35.1 Å². The number of nitrogens with one attached hydrogen (secondary N) is 2. The predicted molar refractivity (Wildman–Crippen MR) is 130 cm³/mol. The standard InChI is InChI=1S/C20H27ClN4O2S.HI/c1-14-11-23-18(28-14)12-24-19(22-2)25-13-20(6-8-27-9-7-20)16-10-15(21)4-5-17(16)26-3;/h4-5,10-11H,6-9,12-13H2,1-3H3,(H2,22,24,25);1H. The number of rotatable bonds is 6. The molecule has 2 aromatic rings. The van der Waals surface area contributed by atoms with Crippen LogP contribution < -0.4 is 15.4 Å². The first-order chi connectivity index (χ1) is 13.6. The Labute approximate surface area is 198 Å². The molecule has 1 aromatic carbocycles. The molecule has 160 valence electrons. The number of aryl methyl sites for hydroxylation is 1. The molecule has 2 heterocycles. The number of ether oxygens (including phenoxy) is 2. The molecule has 1 fully saturated rings. The number of nitrogens with zero attached hydrogens (tertiary/aromatic N) is 2. The van der Waals surface area contributed by atoms with Gasteiger partial charge in [0.25, 0.3) is 0 Å². The van der Waals surface area contributed by atoms with Gasteiger partial charge < -0.3 is 20.1 Å². The largest absolute Gasteiger partial charge is 0.496 e. The maximum Gasteiger partial charge on any atom is 0.191 e. The minimum atomic E-state index is -0.135. The molecule has 3 rings (SSSR count). The molecule has 0 bridgehead atoms. The second-order valence-corrected chi connectivity index (χ2v) is 8.64. The summed E-state index contributed by atoms with van der Waals surface area (Å²) >= 11 is 8.00. The normalized spacial score (nSPS) is 16.1. The topological polar surface area (TPSA) is 67.8 Å². The molecule has 0 saturated carbocycles. The molecule has 0 aliphatic carbocycles. The Morgan fingerprint density at radius 3 is 2.72 bits per heavy atom. The third-order valence-electron chi connectivity index (χ3n) is 5.08. The lowest BCUT2D eigenvalue weighted by molar-refractivity contribution is 0.0505. The molecule has 0 atom stereocenters. The molecule has 1 aliphatic rings. The van der Waals surface area contributed by atoms with Gasteiger partial charge >= 0.3 is 0 Å². The second-order valence-electron chi connectivity index (χ2n) is 6.88. The molecule has 2 N–H and O–H groups in total. The molecule has 0 spiro atoms. The zero-order chi connectivity index (χ0) is 20.0. The van der Waals surface area contributed by atoms with Crippen LogP contribution in [0.2, 0.25) is 5.02 Å². The van der Waals surface area contributed by atoms with E-state index in [1.807, 2.05) is 24.4 Å². The summed E-state index contributed by atoms with van der Waals surface area (Å²) in [7, 11) is 3.47. The Balaban J connectivity index is 0.00000300. The zero-order valence-electron chi connectivity index (χ0n) is 17.0. The van der Waals surface area contributed by atoms with Gasteiger partial charge in [-0.25, -0.2) is 4.98 Å². The van der Waals surface area contributed by atoms with Crippen molar-refractivity contribution in [3.63, 3.8) is 0 Å². The van der Waals surface area contributed by atoms with Crippen molar-refractivity contribution in [2.75, 3.05) is 33.9 Å². The third-order valence-corrected chi connectivity index (χ3v) is 6.22. The van der Waals surface area contributed by atoms with Crippen molar-refractivity contribution in [1.82, 2.24) is 15.6 Å². The summed E-state index contributed by atoms with van der Waals surface area (Å²) < 4.78 is 11.3. The minimum absolute atomic E-state index is 0. The van der Waals surface area contributed by atoms with Crippen molar-refractivity contribution in [3.8, 4) is 5.75 Å². The minimum Gasteiger partial charge on any atom is -0.496 e. The summed E-state index contributed by atoms with van der Waals surface area (Å²) in [5.74, 6) is 1.61. The van der Waals surface area contributed by atoms with Crippen LogP contribution in [0.3, 0.4) is 0 Å². The van der Waals surface area contributed by atoms with Crippen LogP contribution >= 0.6 is 46.9 Å². The molecule has 6 nitrogen and oxygen atoms in total. The highest BCUT2D eigenvalue weighted by molar-refractivity contribution is 14.0. The van der Waals surface area contributed by atoms with Gasteiger partial charge in [0.1, 0.15) is 10.8 Å². The summed E-state index contributed by atoms with van der Waals surface area (Å²) in [5, 5.41) is 8.58. The molecule has 0 radical (unpaired) electrons. The smallest absolute Gasteiger partial charge is 0.191 e. The van der Waals surface area contributed by atoms with Crippen molar-refractivity contribution >= 4 is 52.9 Å². The van der Waals surface area contributed by atoms with Crippen LogP contribution in [0.15, 0.2) is 29.4 Å². The fourth-order valence-corrected chi connectivity index (χ4v) is 4.41. The molecule has 1 saturated heterocycles. The van der Waals surface area contributed by atoms with E-state index in [-0.39, 0.29) is 29.4 Å². The fraction of sp³-hybridized carbons (Fsp3) is 0.500.